The van der Waals surface area contributed by atoms with E-state index in [0.717, 1.165) is 11.3 Å². The lowest BCUT2D eigenvalue weighted by molar-refractivity contribution is -0.133. The van der Waals surface area contributed by atoms with Crippen LogP contribution in [0.1, 0.15) is 43.7 Å². The van der Waals surface area contributed by atoms with Crippen LogP contribution in [0.5, 0.6) is 0 Å². The van der Waals surface area contributed by atoms with Crippen molar-refractivity contribution in [1.29, 1.82) is 0 Å². The van der Waals surface area contributed by atoms with Crippen LogP contribution in [0.2, 0.25) is 0 Å². The van der Waals surface area contributed by atoms with Crippen molar-refractivity contribution in [3.8, 4) is 0 Å². The molecule has 1 unspecified atom stereocenters. The zero-order chi connectivity index (χ0) is 18.8. The fraction of sp³-hybridized carbons (Fsp3) is 0.750. The molecule has 0 spiro atoms. The highest BCUT2D eigenvalue weighted by Gasteiger charge is 2.34. The standard InChI is InChI=1S/C16H28N4O4S/c1-6-19(7-2)25(22,23)20-10-8-18(9-11-20)16(21)12(3)15-13(4)17-24-14(15)5/h12H,6-11H2,1-5H3. The van der Waals surface area contributed by atoms with Gasteiger partial charge in [-0.1, -0.05) is 19.0 Å². The molecule has 1 amide bonds. The molecule has 25 heavy (non-hydrogen) atoms. The molecule has 142 valence electrons. The Kier molecular flexibility index (Phi) is 6.23. The molecule has 1 aromatic rings. The molecular weight excluding hydrogens is 344 g/mol. The second-order valence-electron chi connectivity index (χ2n) is 6.28. The summed E-state index contributed by atoms with van der Waals surface area (Å²) in [4.78, 5) is 14.5. The van der Waals surface area contributed by atoms with Crippen LogP contribution in [0.25, 0.3) is 0 Å². The Balaban J connectivity index is 2.03. The lowest BCUT2D eigenvalue weighted by atomic mass is 9.98. The maximum atomic E-state index is 12.8. The number of rotatable bonds is 6. The first kappa shape index (κ1) is 19.9. The number of nitrogens with zero attached hydrogens (tertiary/aromatic N) is 4. The average molecular weight is 372 g/mol. The summed E-state index contributed by atoms with van der Waals surface area (Å²) in [6.45, 7) is 11.4. The lowest BCUT2D eigenvalue weighted by Crippen LogP contribution is -2.54. The zero-order valence-corrected chi connectivity index (χ0v) is 16.5. The Morgan fingerprint density at radius 1 is 1.20 bits per heavy atom. The maximum Gasteiger partial charge on any atom is 0.282 e. The second-order valence-corrected chi connectivity index (χ2v) is 8.20. The van der Waals surface area contributed by atoms with Crippen LogP contribution in [0.4, 0.5) is 0 Å². The molecule has 1 aliphatic heterocycles. The van der Waals surface area contributed by atoms with E-state index >= 15 is 0 Å². The Morgan fingerprint density at radius 3 is 2.20 bits per heavy atom. The number of carbonyl (C=O) groups is 1. The van der Waals surface area contributed by atoms with Gasteiger partial charge in [-0.3, -0.25) is 4.79 Å². The van der Waals surface area contributed by atoms with Crippen LogP contribution in [0.15, 0.2) is 4.52 Å². The van der Waals surface area contributed by atoms with Gasteiger partial charge in [-0.2, -0.15) is 17.0 Å². The molecule has 1 aliphatic rings. The Bertz CT molecular complexity index is 684. The summed E-state index contributed by atoms with van der Waals surface area (Å²) in [5.74, 6) is 0.285. The van der Waals surface area contributed by atoms with Crippen LogP contribution in [0.3, 0.4) is 0 Å². The SMILES string of the molecule is CCN(CC)S(=O)(=O)N1CCN(C(=O)C(C)c2c(C)noc2C)CC1. The van der Waals surface area contributed by atoms with Crippen molar-refractivity contribution in [3.05, 3.63) is 17.0 Å². The summed E-state index contributed by atoms with van der Waals surface area (Å²) in [7, 11) is -3.45. The van der Waals surface area contributed by atoms with E-state index < -0.39 is 10.2 Å². The van der Waals surface area contributed by atoms with E-state index in [9.17, 15) is 13.2 Å². The first-order valence-electron chi connectivity index (χ1n) is 8.70. The fourth-order valence-electron chi connectivity index (χ4n) is 3.36. The number of aromatic nitrogens is 1. The minimum Gasteiger partial charge on any atom is -0.361 e. The van der Waals surface area contributed by atoms with E-state index in [1.54, 1.807) is 11.8 Å². The Hall–Kier alpha value is -1.45. The molecule has 2 heterocycles. The minimum atomic E-state index is -3.45. The van der Waals surface area contributed by atoms with E-state index in [-0.39, 0.29) is 11.8 Å². The second kappa shape index (κ2) is 7.84. The van der Waals surface area contributed by atoms with Crippen molar-refractivity contribution in [2.45, 2.75) is 40.5 Å². The van der Waals surface area contributed by atoms with E-state index in [0.29, 0.717) is 45.0 Å². The van der Waals surface area contributed by atoms with Crippen molar-refractivity contribution >= 4 is 16.1 Å². The molecule has 0 aliphatic carbocycles. The fourth-order valence-corrected chi connectivity index (χ4v) is 4.96. The molecule has 9 heteroatoms. The predicted molar refractivity (Wildman–Crippen MR) is 94.4 cm³/mol. The molecule has 1 saturated heterocycles. The Labute approximate surface area is 149 Å². The molecule has 8 nitrogen and oxygen atoms in total. The molecule has 0 aromatic carbocycles. The third kappa shape index (κ3) is 3.88. The number of carbonyl (C=O) groups excluding carboxylic acids is 1. The summed E-state index contributed by atoms with van der Waals surface area (Å²) in [6, 6.07) is 0. The number of amides is 1. The smallest absolute Gasteiger partial charge is 0.282 e. The van der Waals surface area contributed by atoms with Gasteiger partial charge in [0, 0.05) is 44.8 Å². The van der Waals surface area contributed by atoms with Gasteiger partial charge in [0.25, 0.3) is 10.2 Å². The lowest BCUT2D eigenvalue weighted by Gasteiger charge is -2.37. The van der Waals surface area contributed by atoms with Gasteiger partial charge >= 0.3 is 0 Å². The molecule has 2 rings (SSSR count). The molecule has 0 bridgehead atoms. The van der Waals surface area contributed by atoms with E-state index in [1.165, 1.54) is 8.61 Å². The highest BCUT2D eigenvalue weighted by molar-refractivity contribution is 7.86. The van der Waals surface area contributed by atoms with Crippen molar-refractivity contribution in [2.24, 2.45) is 0 Å². The number of aryl methyl sites for hydroxylation is 2. The van der Waals surface area contributed by atoms with Gasteiger partial charge in [0.2, 0.25) is 5.91 Å². The van der Waals surface area contributed by atoms with Crippen molar-refractivity contribution < 1.29 is 17.7 Å². The van der Waals surface area contributed by atoms with Gasteiger partial charge in [-0.15, -0.1) is 0 Å². The first-order valence-corrected chi connectivity index (χ1v) is 10.1. The Morgan fingerprint density at radius 2 is 1.76 bits per heavy atom. The van der Waals surface area contributed by atoms with Gasteiger partial charge in [0.05, 0.1) is 11.6 Å². The van der Waals surface area contributed by atoms with E-state index in [2.05, 4.69) is 5.16 Å². The normalized spacial score (nSPS) is 17.9. The van der Waals surface area contributed by atoms with Gasteiger partial charge < -0.3 is 9.42 Å². The van der Waals surface area contributed by atoms with Crippen molar-refractivity contribution in [2.75, 3.05) is 39.3 Å². The van der Waals surface area contributed by atoms with E-state index in [1.807, 2.05) is 27.7 Å². The molecule has 0 radical (unpaired) electrons. The average Bonchev–Trinajstić information content (AvgIpc) is 2.93. The first-order chi connectivity index (χ1) is 11.7. The summed E-state index contributed by atoms with van der Waals surface area (Å²) in [5, 5.41) is 3.91. The third-order valence-corrected chi connectivity index (χ3v) is 6.99. The largest absolute Gasteiger partial charge is 0.361 e. The molecule has 0 saturated carbocycles. The highest BCUT2D eigenvalue weighted by Crippen LogP contribution is 2.25. The predicted octanol–water partition coefficient (Wildman–Crippen LogP) is 1.13. The van der Waals surface area contributed by atoms with Crippen LogP contribution >= 0.6 is 0 Å². The quantitative estimate of drug-likeness (QED) is 0.747. The molecule has 1 fully saturated rings. The van der Waals surface area contributed by atoms with Gasteiger partial charge in [-0.25, -0.2) is 0 Å². The molecule has 0 N–H and O–H groups in total. The summed E-state index contributed by atoms with van der Waals surface area (Å²) in [6.07, 6.45) is 0. The number of hydrogen-bond acceptors (Lipinski definition) is 5. The van der Waals surface area contributed by atoms with Crippen LogP contribution in [0, 0.1) is 13.8 Å². The topological polar surface area (TPSA) is 87.0 Å². The van der Waals surface area contributed by atoms with Gasteiger partial charge in [-0.05, 0) is 20.8 Å². The molecule has 1 atom stereocenters. The minimum absolute atomic E-state index is 0.0192. The summed E-state index contributed by atoms with van der Waals surface area (Å²) in [5.41, 5.74) is 1.55. The van der Waals surface area contributed by atoms with Crippen molar-refractivity contribution in [1.82, 2.24) is 18.7 Å². The summed E-state index contributed by atoms with van der Waals surface area (Å²) >= 11 is 0. The number of piperazine rings is 1. The third-order valence-electron chi connectivity index (χ3n) is 4.80. The van der Waals surface area contributed by atoms with Gasteiger partial charge in [0.1, 0.15) is 5.76 Å². The highest BCUT2D eigenvalue weighted by atomic mass is 32.2. The van der Waals surface area contributed by atoms with E-state index in [4.69, 9.17) is 4.52 Å². The molecule has 1 aromatic heterocycles. The van der Waals surface area contributed by atoms with Gasteiger partial charge in [0.15, 0.2) is 0 Å². The maximum absolute atomic E-state index is 12.8. The number of hydrogen-bond donors (Lipinski definition) is 0. The van der Waals surface area contributed by atoms with Crippen LogP contribution in [-0.2, 0) is 15.0 Å². The monoisotopic (exact) mass is 372 g/mol. The zero-order valence-electron chi connectivity index (χ0n) is 15.7. The van der Waals surface area contributed by atoms with Crippen LogP contribution < -0.4 is 0 Å². The van der Waals surface area contributed by atoms with Crippen molar-refractivity contribution in [3.63, 3.8) is 0 Å². The van der Waals surface area contributed by atoms with Crippen LogP contribution in [-0.4, -0.2) is 72.3 Å². The summed E-state index contributed by atoms with van der Waals surface area (Å²) < 4.78 is 33.2. The molecular formula is C16H28N4O4S.